The maximum Gasteiger partial charge on any atom is 0.251 e. The van der Waals surface area contributed by atoms with Crippen LogP contribution in [-0.4, -0.2) is 44.0 Å². The van der Waals surface area contributed by atoms with E-state index in [2.05, 4.69) is 22.5 Å². The van der Waals surface area contributed by atoms with Gasteiger partial charge in [-0.2, -0.15) is 0 Å². The second kappa shape index (κ2) is 5.87. The predicted octanol–water partition coefficient (Wildman–Crippen LogP) is 1.34. The van der Waals surface area contributed by atoms with Crippen molar-refractivity contribution < 1.29 is 4.79 Å². The molecule has 1 amide bonds. The first-order valence-electron chi connectivity index (χ1n) is 6.54. The normalized spacial score (nSPS) is 13.3. The number of benzene rings is 1. The number of rotatable bonds is 5. The highest BCUT2D eigenvalue weighted by Crippen LogP contribution is 2.22. The molecule has 1 aliphatic rings. The molecule has 0 fully saturated rings. The number of nitrogens with one attached hydrogen (secondary N) is 2. The van der Waals surface area contributed by atoms with Crippen LogP contribution in [0.4, 0.5) is 5.69 Å². The lowest BCUT2D eigenvalue weighted by atomic mass is 10.1. The summed E-state index contributed by atoms with van der Waals surface area (Å²) in [5, 5.41) is 6.25. The Bertz CT molecular complexity index is 431. The average molecular weight is 247 g/mol. The fourth-order valence-electron chi connectivity index (χ4n) is 2.07. The highest BCUT2D eigenvalue weighted by molar-refractivity contribution is 5.95. The first-order chi connectivity index (χ1) is 8.70. The SMILES string of the molecule is CCN(C)CCNC(=O)c1ccc2c(c1)CCN2. The van der Waals surface area contributed by atoms with Crippen molar-refractivity contribution in [1.29, 1.82) is 0 Å². The minimum Gasteiger partial charge on any atom is -0.384 e. The van der Waals surface area contributed by atoms with Gasteiger partial charge in [-0.25, -0.2) is 0 Å². The zero-order chi connectivity index (χ0) is 13.0. The zero-order valence-electron chi connectivity index (χ0n) is 11.1. The van der Waals surface area contributed by atoms with Crippen LogP contribution < -0.4 is 10.6 Å². The van der Waals surface area contributed by atoms with Gasteiger partial charge in [0.2, 0.25) is 0 Å². The lowest BCUT2D eigenvalue weighted by Crippen LogP contribution is -2.32. The lowest BCUT2D eigenvalue weighted by molar-refractivity contribution is 0.0950. The molecule has 98 valence electrons. The van der Waals surface area contributed by atoms with E-state index in [4.69, 9.17) is 0 Å². The van der Waals surface area contributed by atoms with E-state index < -0.39 is 0 Å². The van der Waals surface area contributed by atoms with Crippen LogP contribution in [0.2, 0.25) is 0 Å². The summed E-state index contributed by atoms with van der Waals surface area (Å²) >= 11 is 0. The zero-order valence-corrected chi connectivity index (χ0v) is 11.1. The predicted molar refractivity (Wildman–Crippen MR) is 74.1 cm³/mol. The van der Waals surface area contributed by atoms with Crippen molar-refractivity contribution in [1.82, 2.24) is 10.2 Å². The van der Waals surface area contributed by atoms with Gasteiger partial charge in [0.15, 0.2) is 0 Å². The van der Waals surface area contributed by atoms with Gasteiger partial charge in [-0.1, -0.05) is 6.92 Å². The van der Waals surface area contributed by atoms with Crippen LogP contribution in [0.1, 0.15) is 22.8 Å². The van der Waals surface area contributed by atoms with Gasteiger partial charge in [-0.05, 0) is 43.8 Å². The van der Waals surface area contributed by atoms with E-state index in [1.54, 1.807) is 0 Å². The Morgan fingerprint density at radius 3 is 3.11 bits per heavy atom. The fraction of sp³-hybridized carbons (Fsp3) is 0.500. The van der Waals surface area contributed by atoms with Gasteiger partial charge >= 0.3 is 0 Å². The fourth-order valence-corrected chi connectivity index (χ4v) is 2.07. The average Bonchev–Trinajstić information content (AvgIpc) is 2.85. The summed E-state index contributed by atoms with van der Waals surface area (Å²) < 4.78 is 0. The van der Waals surface area contributed by atoms with Crippen molar-refractivity contribution in [2.45, 2.75) is 13.3 Å². The Morgan fingerprint density at radius 2 is 2.33 bits per heavy atom. The number of hydrogen-bond acceptors (Lipinski definition) is 3. The van der Waals surface area contributed by atoms with Crippen molar-refractivity contribution in [2.24, 2.45) is 0 Å². The first kappa shape index (κ1) is 12.9. The van der Waals surface area contributed by atoms with Crippen LogP contribution in [0.15, 0.2) is 18.2 Å². The summed E-state index contributed by atoms with van der Waals surface area (Å²) in [5.74, 6) is 0.0224. The molecule has 4 nitrogen and oxygen atoms in total. The van der Waals surface area contributed by atoms with Crippen LogP contribution in [0, 0.1) is 0 Å². The van der Waals surface area contributed by atoms with Gasteiger partial charge in [-0.3, -0.25) is 4.79 Å². The van der Waals surface area contributed by atoms with Crippen molar-refractivity contribution in [2.75, 3.05) is 38.5 Å². The summed E-state index contributed by atoms with van der Waals surface area (Å²) in [6, 6.07) is 5.87. The van der Waals surface area contributed by atoms with Crippen LogP contribution >= 0.6 is 0 Å². The quantitative estimate of drug-likeness (QED) is 0.825. The van der Waals surface area contributed by atoms with Crippen LogP contribution in [-0.2, 0) is 6.42 Å². The minimum absolute atomic E-state index is 0.0224. The number of carbonyl (C=O) groups is 1. The minimum atomic E-state index is 0.0224. The number of fused-ring (bicyclic) bond motifs is 1. The van der Waals surface area contributed by atoms with Gasteiger partial charge in [0.05, 0.1) is 0 Å². The number of likely N-dealkylation sites (N-methyl/N-ethyl adjacent to an activating group) is 1. The number of carbonyl (C=O) groups excluding carboxylic acids is 1. The third kappa shape index (κ3) is 3.01. The monoisotopic (exact) mass is 247 g/mol. The maximum atomic E-state index is 12.0. The van der Waals surface area contributed by atoms with Gasteiger partial charge in [0.1, 0.15) is 0 Å². The Labute approximate surface area is 108 Å². The molecule has 1 heterocycles. The molecular formula is C14H21N3O. The van der Waals surface area contributed by atoms with Crippen LogP contribution in [0.25, 0.3) is 0 Å². The summed E-state index contributed by atoms with van der Waals surface area (Å²) in [5.41, 5.74) is 3.17. The molecule has 2 rings (SSSR count). The molecule has 4 heteroatoms. The van der Waals surface area contributed by atoms with E-state index in [1.165, 1.54) is 5.56 Å². The Kier molecular flexibility index (Phi) is 4.20. The molecule has 0 saturated carbocycles. The van der Waals surface area contributed by atoms with E-state index in [1.807, 2.05) is 25.2 Å². The van der Waals surface area contributed by atoms with E-state index >= 15 is 0 Å². The van der Waals surface area contributed by atoms with E-state index in [-0.39, 0.29) is 5.91 Å². The summed E-state index contributed by atoms with van der Waals surface area (Å²) in [7, 11) is 2.05. The van der Waals surface area contributed by atoms with Crippen molar-refractivity contribution in [3.8, 4) is 0 Å². The summed E-state index contributed by atoms with van der Waals surface area (Å²) in [6.07, 6.45) is 1.01. The van der Waals surface area contributed by atoms with Gasteiger partial charge in [0, 0.05) is 30.9 Å². The molecule has 0 spiro atoms. The highest BCUT2D eigenvalue weighted by Gasteiger charge is 2.13. The molecule has 0 saturated heterocycles. The molecule has 0 radical (unpaired) electrons. The first-order valence-corrected chi connectivity index (χ1v) is 6.54. The topological polar surface area (TPSA) is 44.4 Å². The van der Waals surface area contributed by atoms with Crippen LogP contribution in [0.3, 0.4) is 0 Å². The molecular weight excluding hydrogens is 226 g/mol. The molecule has 0 atom stereocenters. The highest BCUT2D eigenvalue weighted by atomic mass is 16.1. The van der Waals surface area contributed by atoms with Gasteiger partial charge in [0.25, 0.3) is 5.91 Å². The molecule has 1 aromatic carbocycles. The Morgan fingerprint density at radius 1 is 1.50 bits per heavy atom. The molecule has 18 heavy (non-hydrogen) atoms. The Balaban J connectivity index is 1.89. The third-order valence-corrected chi connectivity index (χ3v) is 3.40. The van der Waals surface area contributed by atoms with Gasteiger partial charge < -0.3 is 15.5 Å². The molecule has 0 aliphatic carbocycles. The van der Waals surface area contributed by atoms with Crippen LogP contribution in [0.5, 0.6) is 0 Å². The number of anilines is 1. The van der Waals surface area contributed by atoms with Crippen molar-refractivity contribution in [3.05, 3.63) is 29.3 Å². The number of hydrogen-bond donors (Lipinski definition) is 2. The smallest absolute Gasteiger partial charge is 0.251 e. The third-order valence-electron chi connectivity index (χ3n) is 3.40. The van der Waals surface area contributed by atoms with E-state index in [0.717, 1.165) is 37.3 Å². The second-order valence-electron chi connectivity index (χ2n) is 4.70. The summed E-state index contributed by atoms with van der Waals surface area (Å²) in [6.45, 7) is 5.66. The molecule has 0 unspecified atom stereocenters. The van der Waals surface area contributed by atoms with Crippen molar-refractivity contribution >= 4 is 11.6 Å². The molecule has 1 aliphatic heterocycles. The second-order valence-corrected chi connectivity index (χ2v) is 4.70. The number of nitrogens with zero attached hydrogens (tertiary/aromatic N) is 1. The number of amides is 1. The molecule has 0 bridgehead atoms. The van der Waals surface area contributed by atoms with E-state index in [9.17, 15) is 4.79 Å². The van der Waals surface area contributed by atoms with Crippen molar-refractivity contribution in [3.63, 3.8) is 0 Å². The van der Waals surface area contributed by atoms with E-state index in [0.29, 0.717) is 6.54 Å². The van der Waals surface area contributed by atoms with Gasteiger partial charge in [-0.15, -0.1) is 0 Å². The summed E-state index contributed by atoms with van der Waals surface area (Å²) in [4.78, 5) is 14.1. The maximum absolute atomic E-state index is 12.0. The largest absolute Gasteiger partial charge is 0.384 e. The molecule has 0 aromatic heterocycles. The standard InChI is InChI=1S/C14H21N3O/c1-3-17(2)9-8-16-14(18)12-4-5-13-11(10-12)6-7-15-13/h4-5,10,15H,3,6-9H2,1-2H3,(H,16,18). The Hall–Kier alpha value is -1.55. The molecule has 2 N–H and O–H groups in total. The molecule has 1 aromatic rings. The lowest BCUT2D eigenvalue weighted by Gasteiger charge is -2.14.